The molecule has 0 saturated heterocycles. The van der Waals surface area contributed by atoms with Crippen LogP contribution >= 0.6 is 0 Å². The molecule has 35 heavy (non-hydrogen) atoms. The third kappa shape index (κ3) is 10.5. The second-order valence-corrected chi connectivity index (χ2v) is 8.71. The molecule has 1 rings (SSSR count). The van der Waals surface area contributed by atoms with E-state index >= 15 is 0 Å². The summed E-state index contributed by atoms with van der Waals surface area (Å²) in [5.74, 6) is -4.40. The number of H-pyrrole nitrogens is 1. The van der Waals surface area contributed by atoms with Crippen LogP contribution in [-0.4, -0.2) is 80.1 Å². The minimum absolute atomic E-state index is 0.0123. The molecule has 5 atom stereocenters. The van der Waals surface area contributed by atoms with E-state index in [1.165, 1.54) is 19.4 Å². The minimum atomic E-state index is -1.65. The Labute approximate surface area is 202 Å². The summed E-state index contributed by atoms with van der Waals surface area (Å²) in [4.78, 5) is 67.7. The fraction of sp³-hybridized carbons (Fsp3) is 0.619. The number of nitrogens with zero attached hydrogens (tertiary/aromatic N) is 1. The summed E-state index contributed by atoms with van der Waals surface area (Å²) in [5.41, 5.74) is 11.6. The monoisotopic (exact) mass is 497 g/mol. The Hall–Kier alpha value is -3.52. The van der Waals surface area contributed by atoms with E-state index in [-0.39, 0.29) is 25.2 Å². The number of amides is 4. The number of rotatable bonds is 15. The van der Waals surface area contributed by atoms with Crippen LogP contribution in [0.1, 0.15) is 45.7 Å². The number of hydrogen-bond acceptors (Lipinski definition) is 8. The molecule has 0 aliphatic carbocycles. The maximum absolute atomic E-state index is 13.1. The van der Waals surface area contributed by atoms with Crippen LogP contribution in [0.3, 0.4) is 0 Å². The molecule has 4 amide bonds. The highest BCUT2D eigenvalue weighted by atomic mass is 16.4. The van der Waals surface area contributed by atoms with Crippen LogP contribution in [0.2, 0.25) is 0 Å². The first kappa shape index (κ1) is 29.5. The molecule has 0 radical (unpaired) electrons. The summed E-state index contributed by atoms with van der Waals surface area (Å²) >= 11 is 0. The number of primary amides is 1. The maximum Gasteiger partial charge on any atom is 0.328 e. The fourth-order valence-corrected chi connectivity index (χ4v) is 3.19. The molecule has 14 heteroatoms. The molecule has 1 heterocycles. The van der Waals surface area contributed by atoms with Crippen molar-refractivity contribution >= 4 is 29.6 Å². The van der Waals surface area contributed by atoms with E-state index in [0.29, 0.717) is 12.1 Å². The number of carboxylic acid groups (broad SMARTS) is 1. The molecule has 0 aliphatic rings. The molecule has 0 saturated carbocycles. The van der Waals surface area contributed by atoms with Gasteiger partial charge in [-0.3, -0.25) is 19.2 Å². The highest BCUT2D eigenvalue weighted by Gasteiger charge is 2.32. The lowest BCUT2D eigenvalue weighted by molar-refractivity contribution is -0.145. The molecule has 0 aliphatic heterocycles. The van der Waals surface area contributed by atoms with Crippen molar-refractivity contribution in [2.75, 3.05) is 0 Å². The predicted octanol–water partition coefficient (Wildman–Crippen LogP) is -2.49. The second kappa shape index (κ2) is 14.0. The van der Waals surface area contributed by atoms with Gasteiger partial charge in [-0.15, -0.1) is 0 Å². The zero-order valence-corrected chi connectivity index (χ0v) is 20.0. The number of aliphatic hydroxyl groups is 1. The van der Waals surface area contributed by atoms with E-state index in [0.717, 1.165) is 0 Å². The Bertz CT molecular complexity index is 873. The summed E-state index contributed by atoms with van der Waals surface area (Å²) in [6.07, 6.45) is 1.25. The number of carbonyl (C=O) groups is 5. The molecular weight excluding hydrogens is 462 g/mol. The number of aliphatic hydroxyl groups excluding tert-OH is 1. The van der Waals surface area contributed by atoms with Crippen LogP contribution < -0.4 is 27.4 Å². The van der Waals surface area contributed by atoms with Gasteiger partial charge in [-0.25, -0.2) is 9.78 Å². The SMILES string of the molecule is CC(C)CC(N)C(=O)NC(Cc1cnc[nH]1)C(=O)NC(CCC(N)=O)C(=O)NC(C(=O)O)C(C)O. The first-order valence-corrected chi connectivity index (χ1v) is 11.1. The quantitative estimate of drug-likeness (QED) is 0.128. The highest BCUT2D eigenvalue weighted by molar-refractivity contribution is 5.94. The second-order valence-electron chi connectivity index (χ2n) is 8.71. The number of aromatic nitrogens is 2. The van der Waals surface area contributed by atoms with E-state index in [1.807, 2.05) is 13.8 Å². The van der Waals surface area contributed by atoms with Crippen molar-refractivity contribution in [1.82, 2.24) is 25.9 Å². The van der Waals surface area contributed by atoms with E-state index < -0.39 is 59.9 Å². The van der Waals surface area contributed by atoms with Gasteiger partial charge in [0.2, 0.25) is 23.6 Å². The van der Waals surface area contributed by atoms with E-state index in [1.54, 1.807) is 0 Å². The van der Waals surface area contributed by atoms with Gasteiger partial charge >= 0.3 is 5.97 Å². The molecule has 196 valence electrons. The third-order valence-electron chi connectivity index (χ3n) is 5.03. The standard InChI is InChI=1S/C21H35N7O7/c1-10(2)6-13(22)18(31)27-15(7-12-8-24-9-25-12)20(33)26-14(4-5-16(23)30)19(32)28-17(11(3)29)21(34)35/h8-11,13-15,17,29H,4-7,22H2,1-3H3,(H2,23,30)(H,24,25)(H,26,33)(H,27,31)(H,28,32)(H,34,35). The molecule has 5 unspecified atom stereocenters. The lowest BCUT2D eigenvalue weighted by Crippen LogP contribution is -2.58. The minimum Gasteiger partial charge on any atom is -0.480 e. The maximum atomic E-state index is 13.1. The van der Waals surface area contributed by atoms with Crippen molar-refractivity contribution in [3.8, 4) is 0 Å². The molecule has 1 aromatic heterocycles. The summed E-state index contributed by atoms with van der Waals surface area (Å²) in [6, 6.07) is -5.06. The highest BCUT2D eigenvalue weighted by Crippen LogP contribution is 2.07. The smallest absolute Gasteiger partial charge is 0.328 e. The van der Waals surface area contributed by atoms with Gasteiger partial charge in [0.15, 0.2) is 6.04 Å². The molecule has 1 aromatic rings. The van der Waals surface area contributed by atoms with Crippen LogP contribution in [0.25, 0.3) is 0 Å². The normalized spacial score (nSPS) is 15.4. The first-order chi connectivity index (χ1) is 16.3. The Kier molecular flexibility index (Phi) is 11.8. The van der Waals surface area contributed by atoms with Crippen LogP contribution in [-0.2, 0) is 30.4 Å². The number of aromatic amines is 1. The van der Waals surface area contributed by atoms with Crippen molar-refractivity contribution in [1.29, 1.82) is 0 Å². The lowest BCUT2D eigenvalue weighted by atomic mass is 10.0. The molecule has 0 fully saturated rings. The number of hydrogen-bond donors (Lipinski definition) is 8. The Balaban J connectivity index is 3.08. The summed E-state index contributed by atoms with van der Waals surface area (Å²) in [5, 5.41) is 26.0. The number of aliphatic carboxylic acids is 1. The zero-order chi connectivity index (χ0) is 26.7. The van der Waals surface area contributed by atoms with E-state index in [4.69, 9.17) is 11.5 Å². The molecular formula is C21H35N7O7. The molecule has 0 aromatic carbocycles. The van der Waals surface area contributed by atoms with Gasteiger partial charge in [0.25, 0.3) is 0 Å². The van der Waals surface area contributed by atoms with Crippen LogP contribution in [0, 0.1) is 5.92 Å². The van der Waals surface area contributed by atoms with Gasteiger partial charge in [-0.05, 0) is 25.7 Å². The summed E-state index contributed by atoms with van der Waals surface area (Å²) in [6.45, 7) is 4.95. The van der Waals surface area contributed by atoms with Crippen molar-refractivity contribution in [3.63, 3.8) is 0 Å². The molecule has 14 nitrogen and oxygen atoms in total. The number of carboxylic acids is 1. The predicted molar refractivity (Wildman–Crippen MR) is 123 cm³/mol. The molecule has 0 bridgehead atoms. The lowest BCUT2D eigenvalue weighted by Gasteiger charge is -2.25. The van der Waals surface area contributed by atoms with Crippen LogP contribution in [0.15, 0.2) is 12.5 Å². The van der Waals surface area contributed by atoms with Crippen molar-refractivity contribution in [2.45, 2.75) is 76.7 Å². The van der Waals surface area contributed by atoms with Crippen molar-refractivity contribution < 1.29 is 34.2 Å². The summed E-state index contributed by atoms with van der Waals surface area (Å²) in [7, 11) is 0. The third-order valence-corrected chi connectivity index (χ3v) is 5.03. The van der Waals surface area contributed by atoms with Crippen molar-refractivity contribution in [3.05, 3.63) is 18.2 Å². The van der Waals surface area contributed by atoms with E-state index in [9.17, 15) is 34.2 Å². The topological polar surface area (TPSA) is 243 Å². The zero-order valence-electron chi connectivity index (χ0n) is 20.0. The number of nitrogens with two attached hydrogens (primary N) is 2. The summed E-state index contributed by atoms with van der Waals surface area (Å²) < 4.78 is 0. The number of nitrogens with one attached hydrogen (secondary N) is 4. The fourth-order valence-electron chi connectivity index (χ4n) is 3.19. The van der Waals surface area contributed by atoms with Gasteiger partial charge < -0.3 is 42.6 Å². The number of imidazole rings is 1. The first-order valence-electron chi connectivity index (χ1n) is 11.1. The Morgan fingerprint density at radius 1 is 1.03 bits per heavy atom. The largest absolute Gasteiger partial charge is 0.480 e. The van der Waals surface area contributed by atoms with Gasteiger partial charge in [-0.2, -0.15) is 0 Å². The van der Waals surface area contributed by atoms with Crippen LogP contribution in [0.5, 0.6) is 0 Å². The Morgan fingerprint density at radius 2 is 1.63 bits per heavy atom. The van der Waals surface area contributed by atoms with Gasteiger partial charge in [0.1, 0.15) is 12.1 Å². The van der Waals surface area contributed by atoms with Gasteiger partial charge in [-0.1, -0.05) is 13.8 Å². The van der Waals surface area contributed by atoms with Gasteiger partial charge in [0, 0.05) is 24.7 Å². The van der Waals surface area contributed by atoms with Gasteiger partial charge in [0.05, 0.1) is 18.5 Å². The van der Waals surface area contributed by atoms with Crippen molar-refractivity contribution in [2.24, 2.45) is 17.4 Å². The molecule has 0 spiro atoms. The molecule has 10 N–H and O–H groups in total. The number of carbonyl (C=O) groups excluding carboxylic acids is 4. The van der Waals surface area contributed by atoms with Crippen LogP contribution in [0.4, 0.5) is 0 Å². The van der Waals surface area contributed by atoms with E-state index in [2.05, 4.69) is 25.9 Å². The Morgan fingerprint density at radius 3 is 2.11 bits per heavy atom. The average molecular weight is 498 g/mol. The average Bonchev–Trinajstić information content (AvgIpc) is 3.26.